The minimum atomic E-state index is -0.372. The number of aromatic nitrogens is 3. The van der Waals surface area contributed by atoms with Crippen molar-refractivity contribution in [1.29, 1.82) is 0 Å². The highest BCUT2D eigenvalue weighted by atomic mass is 32.1. The number of hydrazone groups is 1. The number of amides is 2. The molecule has 0 aliphatic rings. The summed E-state index contributed by atoms with van der Waals surface area (Å²) in [5, 5.41) is 16.3. The lowest BCUT2D eigenvalue weighted by Crippen LogP contribution is -2.19. The number of carbonyl (C=O) groups is 2. The fourth-order valence-corrected chi connectivity index (χ4v) is 4.54. The second kappa shape index (κ2) is 10.9. The quantitative estimate of drug-likeness (QED) is 0.234. The van der Waals surface area contributed by atoms with Gasteiger partial charge in [-0.3, -0.25) is 14.9 Å². The molecule has 5 aromatic rings. The average molecular weight is 513 g/mol. The third-order valence-electron chi connectivity index (χ3n) is 5.55. The molecule has 8 nitrogen and oxygen atoms in total. The van der Waals surface area contributed by atoms with E-state index >= 15 is 0 Å². The second-order valence-corrected chi connectivity index (χ2v) is 9.17. The van der Waals surface area contributed by atoms with E-state index in [9.17, 15) is 14.0 Å². The monoisotopic (exact) mass is 512 g/mol. The molecule has 0 spiro atoms. The maximum Gasteiger partial charge on any atom is 0.257 e. The summed E-state index contributed by atoms with van der Waals surface area (Å²) in [4.78, 5) is 24.6. The first kappa shape index (κ1) is 24.0. The number of halogens is 1. The Morgan fingerprint density at radius 3 is 2.57 bits per heavy atom. The lowest BCUT2D eigenvalue weighted by molar-refractivity contribution is -0.120. The minimum Gasteiger partial charge on any atom is -0.342 e. The summed E-state index contributed by atoms with van der Waals surface area (Å²) >= 11 is 1.12. The van der Waals surface area contributed by atoms with Crippen LogP contribution in [-0.2, 0) is 17.8 Å². The van der Waals surface area contributed by atoms with Crippen LogP contribution in [0.2, 0.25) is 0 Å². The molecule has 0 atom stereocenters. The number of nitrogens with zero attached hydrogens (tertiary/aromatic N) is 4. The van der Waals surface area contributed by atoms with Crippen LogP contribution in [0.4, 0.5) is 9.52 Å². The van der Waals surface area contributed by atoms with Crippen LogP contribution >= 0.6 is 11.3 Å². The van der Waals surface area contributed by atoms with Crippen molar-refractivity contribution >= 4 is 45.4 Å². The van der Waals surface area contributed by atoms with Crippen LogP contribution < -0.4 is 10.7 Å². The number of nitrogens with one attached hydrogen (secondary N) is 2. The summed E-state index contributed by atoms with van der Waals surface area (Å²) in [6.45, 7) is 0.369. The van der Waals surface area contributed by atoms with Crippen LogP contribution in [0.1, 0.15) is 26.5 Å². The van der Waals surface area contributed by atoms with Gasteiger partial charge in [0.05, 0.1) is 19.2 Å². The van der Waals surface area contributed by atoms with E-state index in [-0.39, 0.29) is 24.1 Å². The van der Waals surface area contributed by atoms with E-state index in [1.807, 2.05) is 41.1 Å². The van der Waals surface area contributed by atoms with Gasteiger partial charge in [-0.25, -0.2) is 9.82 Å². The zero-order valence-corrected chi connectivity index (χ0v) is 20.3. The standard InChI is InChI=1S/C27H21FN6O2S/c28-22-12-6-4-10-19(22)16-34-17-20(21-11-5-7-13-23(21)34)15-29-31-24(35)14-25-32-33-27(37-25)30-26(36)18-8-2-1-3-9-18/h1-13,15,17H,14,16H2,(H,31,35)(H,30,33,36). The molecule has 3 aromatic carbocycles. The molecule has 0 fully saturated rings. The molecule has 2 aromatic heterocycles. The van der Waals surface area contributed by atoms with Gasteiger partial charge in [0.1, 0.15) is 10.8 Å². The van der Waals surface area contributed by atoms with Gasteiger partial charge in [-0.15, -0.1) is 10.2 Å². The highest BCUT2D eigenvalue weighted by molar-refractivity contribution is 7.15. The number of carbonyl (C=O) groups excluding carboxylic acids is 2. The Hall–Kier alpha value is -4.70. The van der Waals surface area contributed by atoms with Crippen LogP contribution in [0, 0.1) is 5.82 Å². The van der Waals surface area contributed by atoms with Crippen molar-refractivity contribution < 1.29 is 14.0 Å². The molecule has 5 rings (SSSR count). The van der Waals surface area contributed by atoms with Gasteiger partial charge in [0.15, 0.2) is 0 Å². The molecule has 2 amide bonds. The van der Waals surface area contributed by atoms with Gasteiger partial charge in [-0.1, -0.05) is 65.9 Å². The van der Waals surface area contributed by atoms with Crippen molar-refractivity contribution in [2.45, 2.75) is 13.0 Å². The highest BCUT2D eigenvalue weighted by Crippen LogP contribution is 2.22. The van der Waals surface area contributed by atoms with Crippen LogP contribution in [-0.4, -0.2) is 32.8 Å². The number of benzene rings is 3. The molecule has 0 saturated heterocycles. The van der Waals surface area contributed by atoms with Crippen molar-refractivity contribution in [3.8, 4) is 0 Å². The Labute approximate surface area is 215 Å². The molecule has 10 heteroatoms. The lowest BCUT2D eigenvalue weighted by Gasteiger charge is -2.06. The lowest BCUT2D eigenvalue weighted by atomic mass is 10.2. The third-order valence-corrected chi connectivity index (χ3v) is 6.38. The molecule has 184 valence electrons. The second-order valence-electron chi connectivity index (χ2n) is 8.11. The van der Waals surface area contributed by atoms with Gasteiger partial charge in [0, 0.05) is 33.8 Å². The van der Waals surface area contributed by atoms with E-state index < -0.39 is 0 Å². The van der Waals surface area contributed by atoms with Gasteiger partial charge in [0.2, 0.25) is 11.0 Å². The number of anilines is 1. The number of hydrogen-bond acceptors (Lipinski definition) is 6. The Bertz CT molecular complexity index is 1600. The van der Waals surface area contributed by atoms with E-state index in [1.54, 1.807) is 48.7 Å². The molecule has 0 aliphatic carbocycles. The maximum atomic E-state index is 14.2. The summed E-state index contributed by atoms with van der Waals surface area (Å²) in [5.41, 5.74) is 5.30. The Kier molecular flexibility index (Phi) is 7.09. The first-order chi connectivity index (χ1) is 18.1. The van der Waals surface area contributed by atoms with E-state index in [1.165, 1.54) is 6.07 Å². The van der Waals surface area contributed by atoms with Gasteiger partial charge >= 0.3 is 0 Å². The van der Waals surface area contributed by atoms with Gasteiger partial charge in [-0.05, 0) is 24.3 Å². The van der Waals surface area contributed by atoms with Crippen LogP contribution in [0.15, 0.2) is 90.2 Å². The number of fused-ring (bicyclic) bond motifs is 1. The highest BCUT2D eigenvalue weighted by Gasteiger charge is 2.13. The summed E-state index contributed by atoms with van der Waals surface area (Å²) in [6, 6.07) is 23.1. The molecule has 0 saturated carbocycles. The fourth-order valence-electron chi connectivity index (χ4n) is 3.80. The first-order valence-electron chi connectivity index (χ1n) is 11.4. The predicted octanol–water partition coefficient (Wildman–Crippen LogP) is 4.63. The molecule has 37 heavy (non-hydrogen) atoms. The molecule has 0 aliphatic heterocycles. The first-order valence-corrected chi connectivity index (χ1v) is 12.2. The van der Waals surface area contributed by atoms with Crippen molar-refractivity contribution in [3.05, 3.63) is 113 Å². The van der Waals surface area contributed by atoms with Crippen molar-refractivity contribution in [2.75, 3.05) is 5.32 Å². The van der Waals surface area contributed by atoms with Gasteiger partial charge < -0.3 is 4.57 Å². The molecule has 2 N–H and O–H groups in total. The van der Waals surface area contributed by atoms with Gasteiger partial charge in [-0.2, -0.15) is 5.10 Å². The number of rotatable bonds is 8. The summed E-state index contributed by atoms with van der Waals surface area (Å²) in [6.07, 6.45) is 3.40. The Morgan fingerprint density at radius 1 is 0.973 bits per heavy atom. The zero-order valence-electron chi connectivity index (χ0n) is 19.5. The minimum absolute atomic E-state index is 0.0365. The van der Waals surface area contributed by atoms with Crippen LogP contribution in [0.25, 0.3) is 10.9 Å². The van der Waals surface area contributed by atoms with Crippen LogP contribution in [0.5, 0.6) is 0 Å². The molecular formula is C27H21FN6O2S. The predicted molar refractivity (Wildman–Crippen MR) is 141 cm³/mol. The Morgan fingerprint density at radius 2 is 1.73 bits per heavy atom. The summed E-state index contributed by atoms with van der Waals surface area (Å²) < 4.78 is 16.1. The van der Waals surface area contributed by atoms with E-state index in [2.05, 4.69) is 26.0 Å². The van der Waals surface area contributed by atoms with E-state index in [0.717, 1.165) is 27.8 Å². The number of hydrogen-bond donors (Lipinski definition) is 2. The molecular weight excluding hydrogens is 491 g/mol. The van der Waals surface area contributed by atoms with Crippen LogP contribution in [0.3, 0.4) is 0 Å². The normalized spacial score (nSPS) is 11.2. The van der Waals surface area contributed by atoms with Crippen molar-refractivity contribution in [2.24, 2.45) is 5.10 Å². The molecule has 2 heterocycles. The smallest absolute Gasteiger partial charge is 0.257 e. The Balaban J connectivity index is 1.22. The topological polar surface area (TPSA) is 101 Å². The largest absolute Gasteiger partial charge is 0.342 e. The molecule has 0 bridgehead atoms. The molecule has 0 unspecified atom stereocenters. The number of para-hydroxylation sites is 1. The van der Waals surface area contributed by atoms with Crippen molar-refractivity contribution in [1.82, 2.24) is 20.2 Å². The SMILES string of the molecule is O=C(Cc1nnc(NC(=O)c2ccccc2)s1)NN=Cc1cn(Cc2ccccc2F)c2ccccc12. The third kappa shape index (κ3) is 5.76. The summed E-state index contributed by atoms with van der Waals surface area (Å²) in [7, 11) is 0. The average Bonchev–Trinajstić information content (AvgIpc) is 3.50. The van der Waals surface area contributed by atoms with E-state index in [4.69, 9.17) is 0 Å². The zero-order chi connectivity index (χ0) is 25.6. The summed E-state index contributed by atoms with van der Waals surface area (Å²) in [5.74, 6) is -0.933. The van der Waals surface area contributed by atoms with Crippen molar-refractivity contribution in [3.63, 3.8) is 0 Å². The van der Waals surface area contributed by atoms with Gasteiger partial charge in [0.25, 0.3) is 5.91 Å². The molecule has 0 radical (unpaired) electrons. The fraction of sp³-hybridized carbons (Fsp3) is 0.0741. The van der Waals surface area contributed by atoms with E-state index in [0.29, 0.717) is 27.8 Å². The maximum absolute atomic E-state index is 14.2.